The molecular weight excluding hydrogens is 488 g/mol. The Hall–Kier alpha value is -1.66. The van der Waals surface area contributed by atoms with E-state index >= 15 is 0 Å². The van der Waals surface area contributed by atoms with E-state index in [2.05, 4.69) is 31.9 Å². The summed E-state index contributed by atoms with van der Waals surface area (Å²) in [5.74, 6) is -2.30. The molecular formula is C22H24Br2O4. The Kier molecular flexibility index (Phi) is 9.19. The third kappa shape index (κ3) is 6.74. The van der Waals surface area contributed by atoms with E-state index in [-0.39, 0.29) is 19.1 Å². The van der Waals surface area contributed by atoms with Crippen LogP contribution in [0.1, 0.15) is 25.0 Å². The molecule has 28 heavy (non-hydrogen) atoms. The Morgan fingerprint density at radius 1 is 0.750 bits per heavy atom. The van der Waals surface area contributed by atoms with Crippen molar-refractivity contribution in [3.8, 4) is 0 Å². The first-order valence-corrected chi connectivity index (χ1v) is 10.8. The monoisotopic (exact) mass is 510 g/mol. The molecule has 0 atom stereocenters. The van der Waals surface area contributed by atoms with Crippen molar-refractivity contribution in [1.29, 1.82) is 0 Å². The highest BCUT2D eigenvalue weighted by molar-refractivity contribution is 9.10. The summed E-state index contributed by atoms with van der Waals surface area (Å²) in [6.45, 7) is 3.91. The molecule has 0 aromatic heterocycles. The second kappa shape index (κ2) is 11.4. The number of hydrogen-bond donors (Lipinski definition) is 0. The molecule has 0 aliphatic heterocycles. The van der Waals surface area contributed by atoms with Gasteiger partial charge in [-0.25, -0.2) is 0 Å². The second-order valence-electron chi connectivity index (χ2n) is 6.40. The SMILES string of the molecule is CCOC(=O)C(C(=O)OCC)C(Cc1ccc(Br)cc1)Cc1ccc(Br)cc1. The third-order valence-corrected chi connectivity index (χ3v) is 5.43. The lowest BCUT2D eigenvalue weighted by atomic mass is 9.82. The summed E-state index contributed by atoms with van der Waals surface area (Å²) in [5, 5.41) is 0. The predicted octanol–water partition coefficient (Wildman–Crippen LogP) is 5.36. The summed E-state index contributed by atoms with van der Waals surface area (Å²) in [7, 11) is 0. The van der Waals surface area contributed by atoms with Gasteiger partial charge < -0.3 is 9.47 Å². The van der Waals surface area contributed by atoms with Crippen LogP contribution < -0.4 is 0 Å². The molecule has 2 rings (SSSR count). The molecule has 0 saturated carbocycles. The van der Waals surface area contributed by atoms with Gasteiger partial charge in [0.15, 0.2) is 5.92 Å². The minimum atomic E-state index is -0.966. The van der Waals surface area contributed by atoms with Crippen LogP contribution in [0.4, 0.5) is 0 Å². The number of carbonyl (C=O) groups is 2. The summed E-state index contributed by atoms with van der Waals surface area (Å²) in [4.78, 5) is 25.3. The summed E-state index contributed by atoms with van der Waals surface area (Å²) < 4.78 is 12.4. The summed E-state index contributed by atoms with van der Waals surface area (Å²) in [6.07, 6.45) is 1.12. The normalized spacial score (nSPS) is 10.9. The smallest absolute Gasteiger partial charge is 0.320 e. The molecule has 0 aliphatic rings. The van der Waals surface area contributed by atoms with E-state index in [4.69, 9.17) is 9.47 Å². The van der Waals surface area contributed by atoms with E-state index in [1.54, 1.807) is 13.8 Å². The summed E-state index contributed by atoms with van der Waals surface area (Å²) in [6, 6.07) is 15.8. The highest BCUT2D eigenvalue weighted by Crippen LogP contribution is 2.27. The van der Waals surface area contributed by atoms with Gasteiger partial charge in [-0.3, -0.25) is 9.59 Å². The van der Waals surface area contributed by atoms with Gasteiger partial charge in [-0.2, -0.15) is 0 Å². The van der Waals surface area contributed by atoms with Crippen molar-refractivity contribution < 1.29 is 19.1 Å². The van der Waals surface area contributed by atoms with E-state index in [9.17, 15) is 9.59 Å². The van der Waals surface area contributed by atoms with Crippen LogP contribution in [0.5, 0.6) is 0 Å². The fraction of sp³-hybridized carbons (Fsp3) is 0.364. The average Bonchev–Trinajstić information content (AvgIpc) is 2.66. The lowest BCUT2D eigenvalue weighted by molar-refractivity contribution is -0.164. The second-order valence-corrected chi connectivity index (χ2v) is 8.23. The van der Waals surface area contributed by atoms with Crippen molar-refractivity contribution >= 4 is 43.8 Å². The molecule has 2 aromatic carbocycles. The van der Waals surface area contributed by atoms with Crippen molar-refractivity contribution in [1.82, 2.24) is 0 Å². The standard InChI is InChI=1S/C22H24Br2O4/c1-3-27-21(25)20(22(26)28-4-2)17(13-15-5-9-18(23)10-6-15)14-16-7-11-19(24)12-8-16/h5-12,17,20H,3-4,13-14H2,1-2H3. The number of hydrogen-bond acceptors (Lipinski definition) is 4. The number of benzene rings is 2. The maximum atomic E-state index is 12.7. The molecule has 0 heterocycles. The van der Waals surface area contributed by atoms with E-state index < -0.39 is 17.9 Å². The topological polar surface area (TPSA) is 52.6 Å². The quantitative estimate of drug-likeness (QED) is 0.336. The Morgan fingerprint density at radius 3 is 1.43 bits per heavy atom. The molecule has 2 aromatic rings. The maximum absolute atomic E-state index is 12.7. The van der Waals surface area contributed by atoms with Crippen LogP contribution in [0.3, 0.4) is 0 Å². The van der Waals surface area contributed by atoms with Crippen LogP contribution in [-0.4, -0.2) is 25.2 Å². The van der Waals surface area contributed by atoms with Gasteiger partial charge in [-0.15, -0.1) is 0 Å². The molecule has 0 unspecified atom stereocenters. The van der Waals surface area contributed by atoms with Gasteiger partial charge >= 0.3 is 11.9 Å². The molecule has 6 heteroatoms. The van der Waals surface area contributed by atoms with E-state index in [1.165, 1.54) is 0 Å². The highest BCUT2D eigenvalue weighted by atomic mass is 79.9. The van der Waals surface area contributed by atoms with Crippen LogP contribution in [0.2, 0.25) is 0 Å². The molecule has 0 aliphatic carbocycles. The first-order chi connectivity index (χ1) is 13.4. The first-order valence-electron chi connectivity index (χ1n) is 9.26. The summed E-state index contributed by atoms with van der Waals surface area (Å²) >= 11 is 6.87. The van der Waals surface area contributed by atoms with E-state index in [0.717, 1.165) is 20.1 Å². The molecule has 0 N–H and O–H groups in total. The van der Waals surface area contributed by atoms with Gasteiger partial charge in [-0.05, 0) is 68.0 Å². The number of halogens is 2. The van der Waals surface area contributed by atoms with Crippen LogP contribution >= 0.6 is 31.9 Å². The van der Waals surface area contributed by atoms with Crippen molar-refractivity contribution in [2.24, 2.45) is 11.8 Å². The minimum Gasteiger partial charge on any atom is -0.465 e. The molecule has 4 nitrogen and oxygen atoms in total. The maximum Gasteiger partial charge on any atom is 0.320 e. The number of rotatable bonds is 9. The van der Waals surface area contributed by atoms with Crippen LogP contribution in [-0.2, 0) is 31.9 Å². The Labute approximate surface area is 182 Å². The van der Waals surface area contributed by atoms with Crippen LogP contribution in [0.25, 0.3) is 0 Å². The number of ether oxygens (including phenoxy) is 2. The molecule has 150 valence electrons. The fourth-order valence-electron chi connectivity index (χ4n) is 3.10. The summed E-state index contributed by atoms with van der Waals surface area (Å²) in [5.41, 5.74) is 2.09. The zero-order chi connectivity index (χ0) is 20.5. The highest BCUT2D eigenvalue weighted by Gasteiger charge is 2.37. The zero-order valence-electron chi connectivity index (χ0n) is 16.0. The average molecular weight is 512 g/mol. The van der Waals surface area contributed by atoms with Crippen LogP contribution in [0.15, 0.2) is 57.5 Å². The largest absolute Gasteiger partial charge is 0.465 e. The fourth-order valence-corrected chi connectivity index (χ4v) is 3.63. The van der Waals surface area contributed by atoms with Crippen LogP contribution in [0, 0.1) is 11.8 Å². The van der Waals surface area contributed by atoms with Gasteiger partial charge in [0.1, 0.15) is 0 Å². The molecule has 0 spiro atoms. The van der Waals surface area contributed by atoms with Crippen molar-refractivity contribution in [2.45, 2.75) is 26.7 Å². The van der Waals surface area contributed by atoms with Crippen molar-refractivity contribution in [2.75, 3.05) is 13.2 Å². The zero-order valence-corrected chi connectivity index (χ0v) is 19.2. The molecule has 0 saturated heterocycles. The predicted molar refractivity (Wildman–Crippen MR) is 116 cm³/mol. The van der Waals surface area contributed by atoms with Gasteiger partial charge in [0.05, 0.1) is 13.2 Å². The molecule has 0 fully saturated rings. The Morgan fingerprint density at radius 2 is 1.11 bits per heavy atom. The third-order valence-electron chi connectivity index (χ3n) is 4.37. The Balaban J connectivity index is 2.35. The van der Waals surface area contributed by atoms with Gasteiger partial charge in [0.2, 0.25) is 0 Å². The molecule has 0 radical (unpaired) electrons. The van der Waals surface area contributed by atoms with Crippen molar-refractivity contribution in [3.05, 3.63) is 68.6 Å². The lowest BCUT2D eigenvalue weighted by Gasteiger charge is -2.24. The van der Waals surface area contributed by atoms with E-state index in [1.807, 2.05) is 48.5 Å². The Bertz CT molecular complexity index is 707. The van der Waals surface area contributed by atoms with E-state index in [0.29, 0.717) is 12.8 Å². The first kappa shape index (κ1) is 22.6. The molecule has 0 bridgehead atoms. The number of esters is 2. The minimum absolute atomic E-state index is 0.220. The van der Waals surface area contributed by atoms with Gasteiger partial charge in [-0.1, -0.05) is 56.1 Å². The van der Waals surface area contributed by atoms with Crippen molar-refractivity contribution in [3.63, 3.8) is 0 Å². The lowest BCUT2D eigenvalue weighted by Crippen LogP contribution is -2.36. The van der Waals surface area contributed by atoms with Gasteiger partial charge in [0.25, 0.3) is 0 Å². The van der Waals surface area contributed by atoms with Gasteiger partial charge in [0, 0.05) is 8.95 Å². The molecule has 0 amide bonds. The number of carbonyl (C=O) groups excluding carboxylic acids is 2.